The van der Waals surface area contributed by atoms with Crippen molar-refractivity contribution in [1.82, 2.24) is 0 Å². The second-order valence-corrected chi connectivity index (χ2v) is 5.70. The summed E-state index contributed by atoms with van der Waals surface area (Å²) < 4.78 is 47.3. The fourth-order valence-corrected chi connectivity index (χ4v) is 3.81. The zero-order valence-electron chi connectivity index (χ0n) is 10.6. The fourth-order valence-electron chi connectivity index (χ4n) is 3.81. The third-order valence-electron chi connectivity index (χ3n) is 4.77. The Morgan fingerprint density at radius 1 is 1.40 bits per heavy atom. The largest absolute Gasteiger partial charge is 0.458 e. The highest BCUT2D eigenvalue weighted by atomic mass is 19.4. The van der Waals surface area contributed by atoms with Crippen LogP contribution >= 0.6 is 0 Å². The van der Waals surface area contributed by atoms with Gasteiger partial charge in [-0.05, 0) is 12.3 Å². The van der Waals surface area contributed by atoms with Gasteiger partial charge in [0.2, 0.25) is 0 Å². The van der Waals surface area contributed by atoms with Gasteiger partial charge in [0, 0.05) is 11.8 Å². The average Bonchev–Trinajstić information content (AvgIpc) is 2.91. The number of carbonyl (C=O) groups excluding carboxylic acids is 2. The third-order valence-corrected chi connectivity index (χ3v) is 4.77. The van der Waals surface area contributed by atoms with Crippen LogP contribution in [-0.2, 0) is 19.1 Å². The second-order valence-electron chi connectivity index (χ2n) is 5.70. The van der Waals surface area contributed by atoms with Crippen molar-refractivity contribution >= 4 is 11.9 Å². The van der Waals surface area contributed by atoms with E-state index < -0.39 is 29.9 Å². The number of alkyl halides is 3. The molecule has 0 aromatic heterocycles. The summed E-state index contributed by atoms with van der Waals surface area (Å²) >= 11 is 0. The molecule has 1 aliphatic heterocycles. The summed E-state index contributed by atoms with van der Waals surface area (Å²) in [4.78, 5) is 23.2. The number of ether oxygens (including phenoxy) is 2. The van der Waals surface area contributed by atoms with Crippen LogP contribution in [0.15, 0.2) is 12.2 Å². The molecule has 0 spiro atoms. The molecule has 1 heterocycles. The van der Waals surface area contributed by atoms with Gasteiger partial charge in [0.15, 0.2) is 0 Å². The van der Waals surface area contributed by atoms with Crippen LogP contribution in [0.3, 0.4) is 0 Å². The monoisotopic (exact) mass is 290 g/mol. The summed E-state index contributed by atoms with van der Waals surface area (Å²) in [6, 6.07) is 0. The Morgan fingerprint density at radius 2 is 2.05 bits per heavy atom. The molecule has 20 heavy (non-hydrogen) atoms. The molecule has 0 aromatic carbocycles. The normalized spacial score (nSPS) is 41.7. The van der Waals surface area contributed by atoms with Crippen LogP contribution < -0.4 is 0 Å². The number of hydrogen-bond acceptors (Lipinski definition) is 4. The molecule has 2 bridgehead atoms. The highest BCUT2D eigenvalue weighted by Crippen LogP contribution is 2.58. The van der Waals surface area contributed by atoms with Crippen LogP contribution in [0, 0.1) is 23.7 Å². The standard InChI is InChI=1S/C13H13F3O4/c1-4-6-3-7-8(4)12(18)20-10(7)9(6)19-11(17)5(2)13(14,15)16/h4,6-10H,2-3H2,1H3. The van der Waals surface area contributed by atoms with Gasteiger partial charge in [-0.3, -0.25) is 4.79 Å². The quantitative estimate of drug-likeness (QED) is 0.575. The van der Waals surface area contributed by atoms with E-state index in [1.807, 2.05) is 6.92 Å². The van der Waals surface area contributed by atoms with Crippen LogP contribution in [0.5, 0.6) is 0 Å². The molecule has 0 N–H and O–H groups in total. The molecular formula is C13H13F3O4. The minimum absolute atomic E-state index is 0.0387. The van der Waals surface area contributed by atoms with Crippen molar-refractivity contribution in [3.05, 3.63) is 12.2 Å². The molecular weight excluding hydrogens is 277 g/mol. The number of esters is 2. The number of rotatable bonds is 2. The number of carbonyl (C=O) groups is 2. The summed E-state index contributed by atoms with van der Waals surface area (Å²) in [5.74, 6) is -2.22. The van der Waals surface area contributed by atoms with Gasteiger partial charge >= 0.3 is 18.1 Å². The molecule has 1 saturated heterocycles. The Kier molecular flexibility index (Phi) is 2.68. The van der Waals surface area contributed by atoms with E-state index >= 15 is 0 Å². The van der Waals surface area contributed by atoms with Crippen LogP contribution in [0.25, 0.3) is 0 Å². The van der Waals surface area contributed by atoms with Crippen LogP contribution in [0.1, 0.15) is 13.3 Å². The molecule has 6 atom stereocenters. The van der Waals surface area contributed by atoms with Crippen molar-refractivity contribution in [2.45, 2.75) is 31.7 Å². The predicted octanol–water partition coefficient (Wildman–Crippen LogP) is 1.84. The summed E-state index contributed by atoms with van der Waals surface area (Å²) in [6.45, 7) is 4.56. The number of halogens is 3. The Hall–Kier alpha value is -1.53. The van der Waals surface area contributed by atoms with Crippen LogP contribution in [-0.4, -0.2) is 30.3 Å². The Labute approximate surface area is 112 Å². The summed E-state index contributed by atoms with van der Waals surface area (Å²) in [6.07, 6.45) is -5.54. The smallest absolute Gasteiger partial charge is 0.422 e. The van der Waals surface area contributed by atoms with Gasteiger partial charge in [-0.2, -0.15) is 13.2 Å². The van der Waals surface area contributed by atoms with Crippen molar-refractivity contribution in [1.29, 1.82) is 0 Å². The van der Waals surface area contributed by atoms with Gasteiger partial charge in [0.05, 0.1) is 5.92 Å². The van der Waals surface area contributed by atoms with Crippen molar-refractivity contribution in [3.63, 3.8) is 0 Å². The van der Waals surface area contributed by atoms with Gasteiger partial charge in [0.1, 0.15) is 17.8 Å². The van der Waals surface area contributed by atoms with Crippen LogP contribution in [0.2, 0.25) is 0 Å². The molecule has 0 amide bonds. The maximum absolute atomic E-state index is 12.4. The van der Waals surface area contributed by atoms with E-state index in [9.17, 15) is 22.8 Å². The Morgan fingerprint density at radius 3 is 2.65 bits per heavy atom. The summed E-state index contributed by atoms with van der Waals surface area (Å²) in [5.41, 5.74) is -1.53. The first kappa shape index (κ1) is 13.5. The van der Waals surface area contributed by atoms with E-state index in [0.29, 0.717) is 6.42 Å². The molecule has 2 aliphatic carbocycles. The molecule has 7 heteroatoms. The predicted molar refractivity (Wildman–Crippen MR) is 59.2 cm³/mol. The van der Waals surface area contributed by atoms with E-state index in [-0.39, 0.29) is 29.6 Å². The topological polar surface area (TPSA) is 52.6 Å². The van der Waals surface area contributed by atoms with Gasteiger partial charge in [-0.25, -0.2) is 4.79 Å². The van der Waals surface area contributed by atoms with Crippen molar-refractivity contribution in [2.75, 3.05) is 0 Å². The first-order chi connectivity index (χ1) is 9.21. The van der Waals surface area contributed by atoms with Gasteiger partial charge in [-0.15, -0.1) is 0 Å². The maximum Gasteiger partial charge on any atom is 0.422 e. The second kappa shape index (κ2) is 3.99. The van der Waals surface area contributed by atoms with Crippen molar-refractivity contribution in [2.24, 2.45) is 23.7 Å². The molecule has 110 valence electrons. The summed E-state index contributed by atoms with van der Waals surface area (Å²) in [7, 11) is 0. The van der Waals surface area contributed by atoms with Crippen molar-refractivity contribution in [3.8, 4) is 0 Å². The molecule has 3 aliphatic rings. The number of hydrogen-bond donors (Lipinski definition) is 0. The lowest BCUT2D eigenvalue weighted by Crippen LogP contribution is -2.40. The minimum Gasteiger partial charge on any atom is -0.458 e. The minimum atomic E-state index is -4.81. The van der Waals surface area contributed by atoms with E-state index in [0.717, 1.165) is 0 Å². The molecule has 0 radical (unpaired) electrons. The van der Waals surface area contributed by atoms with Gasteiger partial charge < -0.3 is 9.47 Å². The van der Waals surface area contributed by atoms with E-state index in [4.69, 9.17) is 9.47 Å². The highest BCUT2D eigenvalue weighted by Gasteiger charge is 2.66. The van der Waals surface area contributed by atoms with E-state index in [2.05, 4.69) is 6.58 Å². The molecule has 2 saturated carbocycles. The lowest BCUT2D eigenvalue weighted by molar-refractivity contribution is -0.166. The zero-order valence-corrected chi connectivity index (χ0v) is 10.6. The molecule has 3 rings (SSSR count). The first-order valence-electron chi connectivity index (χ1n) is 6.39. The summed E-state index contributed by atoms with van der Waals surface area (Å²) in [5, 5.41) is 0. The highest BCUT2D eigenvalue weighted by molar-refractivity contribution is 5.89. The van der Waals surface area contributed by atoms with E-state index in [1.54, 1.807) is 0 Å². The SMILES string of the molecule is C=C(C(=O)OC1C2CC3C1OC(=O)C3C2C)C(F)(F)F. The molecule has 4 nitrogen and oxygen atoms in total. The molecule has 0 aromatic rings. The first-order valence-corrected chi connectivity index (χ1v) is 6.39. The van der Waals surface area contributed by atoms with Gasteiger partial charge in [0.25, 0.3) is 0 Å². The van der Waals surface area contributed by atoms with Gasteiger partial charge in [-0.1, -0.05) is 13.5 Å². The Balaban J connectivity index is 1.76. The lowest BCUT2D eigenvalue weighted by Gasteiger charge is -2.29. The number of fused-ring (bicyclic) bond motifs is 1. The van der Waals surface area contributed by atoms with Crippen LogP contribution in [0.4, 0.5) is 13.2 Å². The molecule has 6 unspecified atom stereocenters. The lowest BCUT2D eigenvalue weighted by atomic mass is 9.80. The maximum atomic E-state index is 12.4. The third kappa shape index (κ3) is 1.68. The van der Waals surface area contributed by atoms with E-state index in [1.165, 1.54) is 0 Å². The van der Waals surface area contributed by atoms with Crippen molar-refractivity contribution < 1.29 is 32.2 Å². The Bertz CT molecular complexity index is 498. The fraction of sp³-hybridized carbons (Fsp3) is 0.692. The average molecular weight is 290 g/mol. The zero-order chi connectivity index (χ0) is 14.8. The molecule has 3 fully saturated rings.